The second-order valence-electron chi connectivity index (χ2n) is 7.13. The van der Waals surface area contributed by atoms with E-state index >= 15 is 0 Å². The molecule has 0 aliphatic carbocycles. The molecule has 1 aliphatic heterocycles. The van der Waals surface area contributed by atoms with Crippen LogP contribution in [0.5, 0.6) is 5.75 Å². The number of nitrogens with one attached hydrogen (secondary N) is 1. The first-order valence-corrected chi connectivity index (χ1v) is 9.38. The quantitative estimate of drug-likeness (QED) is 0.700. The van der Waals surface area contributed by atoms with Gasteiger partial charge in [-0.15, -0.1) is 0 Å². The maximum Gasteiger partial charge on any atom is 0.420 e. The fraction of sp³-hybridized carbons (Fsp3) is 0.350. The molecule has 1 fully saturated rings. The van der Waals surface area contributed by atoms with Crippen molar-refractivity contribution >= 4 is 16.7 Å². The molecule has 0 unspecified atom stereocenters. The minimum atomic E-state index is -4.59. The zero-order valence-corrected chi connectivity index (χ0v) is 15.6. The second kappa shape index (κ2) is 7.47. The van der Waals surface area contributed by atoms with Crippen molar-refractivity contribution in [2.75, 3.05) is 37.6 Å². The summed E-state index contributed by atoms with van der Waals surface area (Å²) in [6.07, 6.45) is -4.59. The summed E-state index contributed by atoms with van der Waals surface area (Å²) in [4.78, 5) is 19.1. The van der Waals surface area contributed by atoms with Crippen LogP contribution in [0.25, 0.3) is 11.0 Å². The Morgan fingerprint density at radius 1 is 1.00 bits per heavy atom. The number of alkyl halides is 3. The van der Waals surface area contributed by atoms with Gasteiger partial charge in [-0.2, -0.15) is 13.2 Å². The highest BCUT2D eigenvalue weighted by atomic mass is 19.4. The van der Waals surface area contributed by atoms with Crippen molar-refractivity contribution in [2.24, 2.45) is 0 Å². The maximum absolute atomic E-state index is 13.0. The molecule has 1 aliphatic rings. The molecule has 0 bridgehead atoms. The normalized spacial score (nSPS) is 15.9. The number of anilines is 1. The molecule has 0 amide bonds. The number of nitrogens with zero attached hydrogens (tertiary/aromatic N) is 3. The van der Waals surface area contributed by atoms with Gasteiger partial charge in [0.1, 0.15) is 5.75 Å². The number of imidazole rings is 1. The van der Waals surface area contributed by atoms with Crippen molar-refractivity contribution in [3.8, 4) is 5.75 Å². The molecule has 0 atom stereocenters. The number of phenolic OH excluding ortho intramolecular Hbond substituents is 1. The third kappa shape index (κ3) is 3.95. The van der Waals surface area contributed by atoms with Gasteiger partial charge in [0.15, 0.2) is 0 Å². The molecule has 29 heavy (non-hydrogen) atoms. The number of H-pyrrole nitrogens is 1. The number of aromatic hydroxyl groups is 1. The van der Waals surface area contributed by atoms with Crippen molar-refractivity contribution in [1.82, 2.24) is 14.5 Å². The van der Waals surface area contributed by atoms with Crippen LogP contribution in [0.3, 0.4) is 0 Å². The molecule has 6 nitrogen and oxygen atoms in total. The van der Waals surface area contributed by atoms with E-state index in [9.17, 15) is 23.1 Å². The Balaban J connectivity index is 1.39. The van der Waals surface area contributed by atoms with Gasteiger partial charge in [-0.25, -0.2) is 4.79 Å². The van der Waals surface area contributed by atoms with E-state index < -0.39 is 17.5 Å². The molecule has 154 valence electrons. The Morgan fingerprint density at radius 3 is 2.45 bits per heavy atom. The zero-order valence-electron chi connectivity index (χ0n) is 15.6. The van der Waals surface area contributed by atoms with Gasteiger partial charge in [-0.05, 0) is 30.3 Å². The summed E-state index contributed by atoms with van der Waals surface area (Å²) in [5.41, 5.74) is 0.947. The number of benzene rings is 2. The van der Waals surface area contributed by atoms with Gasteiger partial charge in [-0.3, -0.25) is 9.47 Å². The maximum atomic E-state index is 13.0. The fourth-order valence-electron chi connectivity index (χ4n) is 3.75. The van der Waals surface area contributed by atoms with Gasteiger partial charge in [0, 0.05) is 45.0 Å². The van der Waals surface area contributed by atoms with E-state index in [2.05, 4.69) is 9.88 Å². The molecule has 0 spiro atoms. The molecule has 0 saturated carbocycles. The topological polar surface area (TPSA) is 64.5 Å². The van der Waals surface area contributed by atoms with Crippen LogP contribution in [0.4, 0.5) is 18.9 Å². The molecule has 2 N–H and O–H groups in total. The first kappa shape index (κ1) is 19.4. The summed E-state index contributed by atoms with van der Waals surface area (Å²) in [5.74, 6) is -0.760. The largest absolute Gasteiger partial charge is 0.507 e. The standard InChI is InChI=1S/C20H21F3N4O2/c21-20(22,23)15-13-14(5-6-18(15)28)26-10-7-25(8-11-26)9-12-27-17-4-2-1-3-16(17)24-19(27)29/h1-6,13,28H,7-12H2,(H,24,29). The molecule has 3 aromatic rings. The van der Waals surface area contributed by atoms with Crippen LogP contribution in [0.1, 0.15) is 5.56 Å². The van der Waals surface area contributed by atoms with Crippen LogP contribution < -0.4 is 10.6 Å². The average Bonchev–Trinajstić information content (AvgIpc) is 3.01. The van der Waals surface area contributed by atoms with Crippen molar-refractivity contribution in [3.63, 3.8) is 0 Å². The lowest BCUT2D eigenvalue weighted by atomic mass is 10.1. The lowest BCUT2D eigenvalue weighted by Crippen LogP contribution is -2.47. The van der Waals surface area contributed by atoms with E-state index in [1.54, 1.807) is 4.57 Å². The van der Waals surface area contributed by atoms with Gasteiger partial charge in [-0.1, -0.05) is 12.1 Å². The van der Waals surface area contributed by atoms with E-state index in [1.165, 1.54) is 6.07 Å². The van der Waals surface area contributed by atoms with E-state index in [4.69, 9.17) is 0 Å². The number of phenols is 1. The number of aromatic nitrogens is 2. The molecule has 4 rings (SSSR count). The smallest absolute Gasteiger partial charge is 0.420 e. The Morgan fingerprint density at radius 2 is 1.72 bits per heavy atom. The van der Waals surface area contributed by atoms with Gasteiger partial charge < -0.3 is 15.0 Å². The summed E-state index contributed by atoms with van der Waals surface area (Å²) in [6.45, 7) is 3.73. The van der Waals surface area contributed by atoms with E-state index in [0.29, 0.717) is 45.0 Å². The Kier molecular flexibility index (Phi) is 4.99. The first-order chi connectivity index (χ1) is 13.8. The molecule has 2 heterocycles. The number of hydrogen-bond donors (Lipinski definition) is 2. The Labute approximate surface area is 164 Å². The highest BCUT2D eigenvalue weighted by Crippen LogP contribution is 2.38. The van der Waals surface area contributed by atoms with Crippen LogP contribution in [-0.4, -0.2) is 52.3 Å². The Bertz CT molecular complexity index is 1070. The van der Waals surface area contributed by atoms with Crippen LogP contribution in [0.2, 0.25) is 0 Å². The molecular formula is C20H21F3N4O2. The third-order valence-corrected chi connectivity index (χ3v) is 5.34. The van der Waals surface area contributed by atoms with E-state index in [1.807, 2.05) is 29.2 Å². The van der Waals surface area contributed by atoms with Crippen molar-refractivity contribution in [1.29, 1.82) is 0 Å². The number of para-hydroxylation sites is 2. The van der Waals surface area contributed by atoms with Crippen LogP contribution in [-0.2, 0) is 12.7 Å². The van der Waals surface area contributed by atoms with Crippen molar-refractivity contribution < 1.29 is 18.3 Å². The summed E-state index contributed by atoms with van der Waals surface area (Å²) in [7, 11) is 0. The summed E-state index contributed by atoms with van der Waals surface area (Å²) in [5, 5.41) is 9.49. The van der Waals surface area contributed by atoms with Gasteiger partial charge in [0.05, 0.1) is 16.6 Å². The number of fused-ring (bicyclic) bond motifs is 1. The molecule has 9 heteroatoms. The van der Waals surface area contributed by atoms with Gasteiger partial charge >= 0.3 is 11.9 Å². The second-order valence-corrected chi connectivity index (χ2v) is 7.13. The number of piperazine rings is 1. The van der Waals surface area contributed by atoms with Gasteiger partial charge in [0.2, 0.25) is 0 Å². The molecule has 2 aromatic carbocycles. The monoisotopic (exact) mass is 406 g/mol. The minimum absolute atomic E-state index is 0.145. The number of halogens is 3. The van der Waals surface area contributed by atoms with Crippen molar-refractivity contribution in [2.45, 2.75) is 12.7 Å². The number of rotatable bonds is 4. The Hall–Kier alpha value is -2.94. The highest BCUT2D eigenvalue weighted by Gasteiger charge is 2.34. The van der Waals surface area contributed by atoms with Crippen molar-refractivity contribution in [3.05, 3.63) is 58.5 Å². The summed E-state index contributed by atoms with van der Waals surface area (Å²) >= 11 is 0. The first-order valence-electron chi connectivity index (χ1n) is 9.38. The van der Waals surface area contributed by atoms with Crippen LogP contribution in [0, 0.1) is 0 Å². The van der Waals surface area contributed by atoms with Gasteiger partial charge in [0.25, 0.3) is 0 Å². The highest BCUT2D eigenvalue weighted by molar-refractivity contribution is 5.74. The molecule has 0 radical (unpaired) electrons. The predicted molar refractivity (Wildman–Crippen MR) is 104 cm³/mol. The fourth-order valence-corrected chi connectivity index (χ4v) is 3.75. The third-order valence-electron chi connectivity index (χ3n) is 5.34. The van der Waals surface area contributed by atoms with Crippen LogP contribution >= 0.6 is 0 Å². The zero-order chi connectivity index (χ0) is 20.6. The van der Waals surface area contributed by atoms with Crippen LogP contribution in [0.15, 0.2) is 47.3 Å². The summed E-state index contributed by atoms with van der Waals surface area (Å²) in [6, 6.07) is 11.1. The van der Waals surface area contributed by atoms with E-state index in [-0.39, 0.29) is 5.69 Å². The lowest BCUT2D eigenvalue weighted by molar-refractivity contribution is -0.138. The average molecular weight is 406 g/mol. The SMILES string of the molecule is O=c1[nH]c2ccccc2n1CCN1CCN(c2ccc(O)c(C(F)(F)F)c2)CC1. The lowest BCUT2D eigenvalue weighted by Gasteiger charge is -2.36. The number of aromatic amines is 1. The molecule has 1 aromatic heterocycles. The van der Waals surface area contributed by atoms with E-state index in [0.717, 1.165) is 23.2 Å². The number of hydrogen-bond acceptors (Lipinski definition) is 4. The molecule has 1 saturated heterocycles. The summed E-state index contributed by atoms with van der Waals surface area (Å²) < 4.78 is 40.8. The minimum Gasteiger partial charge on any atom is -0.507 e. The predicted octanol–water partition coefficient (Wildman–Crippen LogP) is 2.88. The molecular weight excluding hydrogens is 385 g/mol.